The lowest BCUT2D eigenvalue weighted by molar-refractivity contribution is 0.0919. The number of para-hydroxylation sites is 1. The third kappa shape index (κ3) is 3.52. The van der Waals surface area contributed by atoms with E-state index in [1.807, 2.05) is 33.0 Å². The molecule has 0 bridgehead atoms. The minimum absolute atomic E-state index is 0.0860. The lowest BCUT2D eigenvalue weighted by atomic mass is 10.0. The van der Waals surface area contributed by atoms with Crippen molar-refractivity contribution in [3.63, 3.8) is 0 Å². The molecule has 1 aromatic carbocycles. The van der Waals surface area contributed by atoms with Crippen molar-refractivity contribution < 1.29 is 4.79 Å². The molecular weight excluding hydrogens is 286 g/mol. The third-order valence-corrected chi connectivity index (χ3v) is 3.90. The summed E-state index contributed by atoms with van der Waals surface area (Å²) in [7, 11) is 0. The molecule has 4 nitrogen and oxygen atoms in total. The predicted octanol–water partition coefficient (Wildman–Crippen LogP) is 3.69. The second-order valence-corrected chi connectivity index (χ2v) is 7.02. The number of rotatable bonds is 2. The number of benzene rings is 1. The molecule has 0 fully saturated rings. The second kappa shape index (κ2) is 6.03. The molecule has 0 unspecified atom stereocenters. The van der Waals surface area contributed by atoms with Crippen molar-refractivity contribution in [3.8, 4) is 0 Å². The van der Waals surface area contributed by atoms with Crippen LogP contribution < -0.4 is 10.2 Å². The van der Waals surface area contributed by atoms with Crippen molar-refractivity contribution in [1.29, 1.82) is 0 Å². The Morgan fingerprint density at radius 3 is 2.78 bits per heavy atom. The number of nitrogens with one attached hydrogen (secondary N) is 1. The number of aromatic nitrogens is 1. The van der Waals surface area contributed by atoms with Crippen molar-refractivity contribution in [2.75, 3.05) is 11.4 Å². The Labute approximate surface area is 137 Å². The lowest BCUT2D eigenvalue weighted by Crippen LogP contribution is -2.40. The summed E-state index contributed by atoms with van der Waals surface area (Å²) in [6, 6.07) is 10.4. The molecule has 23 heavy (non-hydrogen) atoms. The summed E-state index contributed by atoms with van der Waals surface area (Å²) in [5.74, 6) is -0.0860. The highest BCUT2D eigenvalue weighted by Crippen LogP contribution is 2.33. The van der Waals surface area contributed by atoms with Crippen LogP contribution in [-0.2, 0) is 6.42 Å². The molecular formula is C19H23N3O. The summed E-state index contributed by atoms with van der Waals surface area (Å²) in [5.41, 5.74) is 3.88. The van der Waals surface area contributed by atoms with Crippen LogP contribution >= 0.6 is 0 Å². The van der Waals surface area contributed by atoms with Crippen molar-refractivity contribution in [2.45, 2.75) is 39.2 Å². The number of pyridine rings is 1. The third-order valence-electron chi connectivity index (χ3n) is 3.90. The highest BCUT2D eigenvalue weighted by molar-refractivity contribution is 5.95. The van der Waals surface area contributed by atoms with Gasteiger partial charge < -0.3 is 10.2 Å². The smallest absolute Gasteiger partial charge is 0.253 e. The maximum Gasteiger partial charge on any atom is 0.253 e. The Hall–Kier alpha value is -2.36. The van der Waals surface area contributed by atoms with Gasteiger partial charge in [0.05, 0.1) is 17.4 Å². The van der Waals surface area contributed by atoms with E-state index in [1.54, 1.807) is 6.20 Å². The molecule has 1 aliphatic heterocycles. The number of carbonyl (C=O) groups is 1. The topological polar surface area (TPSA) is 45.2 Å². The largest absolute Gasteiger partial charge is 0.347 e. The zero-order valence-corrected chi connectivity index (χ0v) is 14.0. The van der Waals surface area contributed by atoms with Gasteiger partial charge in [0, 0.05) is 24.0 Å². The van der Waals surface area contributed by atoms with E-state index in [0.717, 1.165) is 25.1 Å². The van der Waals surface area contributed by atoms with Crippen LogP contribution in [0.4, 0.5) is 11.4 Å². The summed E-state index contributed by atoms with van der Waals surface area (Å²) in [6.45, 7) is 6.87. The number of amides is 1. The second-order valence-electron chi connectivity index (χ2n) is 7.02. The normalized spacial score (nSPS) is 14.3. The first-order valence-electron chi connectivity index (χ1n) is 8.07. The number of anilines is 2. The Morgan fingerprint density at radius 1 is 1.22 bits per heavy atom. The predicted molar refractivity (Wildman–Crippen MR) is 93.2 cm³/mol. The summed E-state index contributed by atoms with van der Waals surface area (Å²) in [6.07, 6.45) is 5.66. The van der Waals surface area contributed by atoms with Gasteiger partial charge in [0.15, 0.2) is 0 Å². The highest BCUT2D eigenvalue weighted by Gasteiger charge is 2.20. The molecule has 1 amide bonds. The monoisotopic (exact) mass is 309 g/mol. The average Bonchev–Trinajstić information content (AvgIpc) is 2.53. The van der Waals surface area contributed by atoms with Crippen LogP contribution in [0.2, 0.25) is 0 Å². The summed E-state index contributed by atoms with van der Waals surface area (Å²) in [5, 5.41) is 2.99. The number of aryl methyl sites for hydroxylation is 1. The number of nitrogens with zero attached hydrogens (tertiary/aromatic N) is 2. The fourth-order valence-corrected chi connectivity index (χ4v) is 2.91. The number of carbonyl (C=O) groups excluding carboxylic acids is 1. The molecule has 0 saturated carbocycles. The van der Waals surface area contributed by atoms with Gasteiger partial charge in [-0.3, -0.25) is 9.78 Å². The van der Waals surface area contributed by atoms with Crippen LogP contribution in [0.1, 0.15) is 43.1 Å². The number of fused-ring (bicyclic) bond motifs is 1. The van der Waals surface area contributed by atoms with Crippen molar-refractivity contribution in [2.24, 2.45) is 0 Å². The van der Waals surface area contributed by atoms with Crippen LogP contribution in [0.3, 0.4) is 0 Å². The molecule has 4 heteroatoms. The van der Waals surface area contributed by atoms with Gasteiger partial charge in [-0.05, 0) is 51.3 Å². The maximum atomic E-state index is 12.4. The van der Waals surface area contributed by atoms with Gasteiger partial charge in [-0.2, -0.15) is 0 Å². The molecule has 0 saturated heterocycles. The molecule has 0 spiro atoms. The van der Waals surface area contributed by atoms with Crippen LogP contribution in [-0.4, -0.2) is 23.0 Å². The number of hydrogen-bond donors (Lipinski definition) is 1. The Bertz CT molecular complexity index is 719. The van der Waals surface area contributed by atoms with Gasteiger partial charge in [0.1, 0.15) is 0 Å². The van der Waals surface area contributed by atoms with Gasteiger partial charge in [-0.1, -0.05) is 18.2 Å². The van der Waals surface area contributed by atoms with Crippen LogP contribution in [0.5, 0.6) is 0 Å². The Kier molecular flexibility index (Phi) is 4.07. The van der Waals surface area contributed by atoms with Gasteiger partial charge >= 0.3 is 0 Å². The van der Waals surface area contributed by atoms with E-state index in [-0.39, 0.29) is 11.4 Å². The zero-order chi connectivity index (χ0) is 16.4. The highest BCUT2D eigenvalue weighted by atomic mass is 16.1. The molecule has 3 rings (SSSR count). The first-order valence-corrected chi connectivity index (χ1v) is 8.07. The van der Waals surface area contributed by atoms with Crippen LogP contribution in [0.15, 0.2) is 42.7 Å². The Balaban J connectivity index is 1.91. The molecule has 0 aliphatic carbocycles. The van der Waals surface area contributed by atoms with E-state index in [9.17, 15) is 4.79 Å². The van der Waals surface area contributed by atoms with Gasteiger partial charge in [-0.25, -0.2) is 0 Å². The fraction of sp³-hybridized carbons (Fsp3) is 0.368. The molecule has 0 atom stereocenters. The van der Waals surface area contributed by atoms with Crippen molar-refractivity contribution in [1.82, 2.24) is 10.3 Å². The minimum Gasteiger partial charge on any atom is -0.347 e. The summed E-state index contributed by atoms with van der Waals surface area (Å²) < 4.78 is 0. The van der Waals surface area contributed by atoms with E-state index < -0.39 is 0 Å². The molecule has 2 heterocycles. The average molecular weight is 309 g/mol. The molecule has 1 aromatic heterocycles. The quantitative estimate of drug-likeness (QED) is 0.920. The lowest BCUT2D eigenvalue weighted by Gasteiger charge is -2.31. The Morgan fingerprint density at radius 2 is 2.00 bits per heavy atom. The van der Waals surface area contributed by atoms with Crippen LogP contribution in [0.25, 0.3) is 0 Å². The standard InChI is InChI=1S/C19H23N3O/c1-19(2,3)21-18(23)15-11-16(13-20-12-15)22-10-6-8-14-7-4-5-9-17(14)22/h4-5,7,9,11-13H,6,8,10H2,1-3H3,(H,21,23). The van der Waals surface area contributed by atoms with Crippen molar-refractivity contribution >= 4 is 17.3 Å². The summed E-state index contributed by atoms with van der Waals surface area (Å²) >= 11 is 0. The minimum atomic E-state index is -0.259. The zero-order valence-electron chi connectivity index (χ0n) is 14.0. The molecule has 1 N–H and O–H groups in total. The SMILES string of the molecule is CC(C)(C)NC(=O)c1cncc(N2CCCc3ccccc32)c1. The summed E-state index contributed by atoms with van der Waals surface area (Å²) in [4.78, 5) is 18.9. The van der Waals surface area contributed by atoms with Crippen molar-refractivity contribution in [3.05, 3.63) is 53.9 Å². The van der Waals surface area contributed by atoms with Gasteiger partial charge in [0.2, 0.25) is 0 Å². The van der Waals surface area contributed by atoms with E-state index in [4.69, 9.17) is 0 Å². The first-order chi connectivity index (χ1) is 10.9. The van der Waals surface area contributed by atoms with E-state index in [1.165, 1.54) is 11.3 Å². The first kappa shape index (κ1) is 15.5. The number of hydrogen-bond acceptors (Lipinski definition) is 3. The van der Waals surface area contributed by atoms with Crippen LogP contribution in [0, 0.1) is 0 Å². The molecule has 0 radical (unpaired) electrons. The van der Waals surface area contributed by atoms with Gasteiger partial charge in [0.25, 0.3) is 5.91 Å². The maximum absolute atomic E-state index is 12.4. The van der Waals surface area contributed by atoms with E-state index in [2.05, 4.69) is 39.5 Å². The van der Waals surface area contributed by atoms with Gasteiger partial charge in [-0.15, -0.1) is 0 Å². The molecule has 1 aliphatic rings. The molecule has 2 aromatic rings. The van der Waals surface area contributed by atoms with E-state index >= 15 is 0 Å². The fourth-order valence-electron chi connectivity index (χ4n) is 2.91. The molecule has 120 valence electrons. The van der Waals surface area contributed by atoms with E-state index in [0.29, 0.717) is 5.56 Å².